The highest BCUT2D eigenvalue weighted by Gasteiger charge is 2.60. The highest BCUT2D eigenvalue weighted by molar-refractivity contribution is 5.03. The third-order valence-electron chi connectivity index (χ3n) is 6.70. The lowest BCUT2D eigenvalue weighted by Gasteiger charge is -2.54. The zero-order valence-corrected chi connectivity index (χ0v) is 17.7. The topological polar surface area (TPSA) is 15.7 Å². The molecule has 2 bridgehead atoms. The minimum atomic E-state index is -2.34. The number of rotatable bonds is 2. The lowest BCUT2D eigenvalue weighted by atomic mass is 9.67. The fourth-order valence-electron chi connectivity index (χ4n) is 4.48. The molecule has 1 spiro atoms. The van der Waals surface area contributed by atoms with Crippen molar-refractivity contribution in [3.63, 3.8) is 0 Å². The first-order valence-electron chi connectivity index (χ1n) is 10.7. The molecule has 0 radical (unpaired) electrons. The quantitative estimate of drug-likeness (QED) is 0.707. The summed E-state index contributed by atoms with van der Waals surface area (Å²) in [6.45, 7) is 18.5. The molecule has 5 rings (SSSR count). The summed E-state index contributed by atoms with van der Waals surface area (Å²) in [5, 5.41) is 0. The number of piperidine rings is 3. The van der Waals surface area contributed by atoms with E-state index in [2.05, 4.69) is 37.5 Å². The van der Waals surface area contributed by atoms with E-state index in [0.29, 0.717) is 24.5 Å². The van der Waals surface area contributed by atoms with Gasteiger partial charge >= 0.3 is 0 Å². The second kappa shape index (κ2) is 8.83. The number of likely N-dealkylation sites (tertiary alicyclic amines) is 1. The Morgan fingerprint density at radius 3 is 1.62 bits per heavy atom. The third-order valence-corrected chi connectivity index (χ3v) is 6.70. The van der Waals surface area contributed by atoms with Gasteiger partial charge in [0.2, 0.25) is 0 Å². The van der Waals surface area contributed by atoms with Gasteiger partial charge in [-0.05, 0) is 60.0 Å². The van der Waals surface area contributed by atoms with Crippen LogP contribution in [0.2, 0.25) is 0 Å². The van der Waals surface area contributed by atoms with Gasteiger partial charge in [0.15, 0.2) is 0 Å². The van der Waals surface area contributed by atoms with Crippen LogP contribution in [-0.4, -0.2) is 67.2 Å². The summed E-state index contributed by atoms with van der Waals surface area (Å²) >= 11 is 0. The summed E-state index contributed by atoms with van der Waals surface area (Å²) in [6, 6.07) is 1.15. The molecule has 0 amide bonds. The lowest BCUT2D eigenvalue weighted by Crippen LogP contribution is -2.63. The fraction of sp³-hybridized carbons (Fsp3) is 1.00. The molecular formula is C21H40F2N2O. The Kier molecular flexibility index (Phi) is 7.48. The number of alkyl halides is 2. The monoisotopic (exact) mass is 374 g/mol. The molecule has 3 nitrogen and oxygen atoms in total. The zero-order chi connectivity index (χ0) is 19.5. The molecule has 1 aliphatic carbocycles. The Labute approximate surface area is 159 Å². The predicted molar refractivity (Wildman–Crippen MR) is 104 cm³/mol. The predicted octanol–water partition coefficient (Wildman–Crippen LogP) is 4.52. The van der Waals surface area contributed by atoms with Crippen molar-refractivity contribution < 1.29 is 13.5 Å². The van der Waals surface area contributed by atoms with Gasteiger partial charge in [-0.1, -0.05) is 13.8 Å². The Hall–Kier alpha value is -0.260. The SMILES string of the molecule is CC.CC(C)N1CC2CC(C1)C2(F)F.CC(C)N1CCC2(CC1)COC2. The summed E-state index contributed by atoms with van der Waals surface area (Å²) in [4.78, 5) is 4.74. The Balaban J connectivity index is 0.000000171. The lowest BCUT2D eigenvalue weighted by molar-refractivity contribution is -0.230. The molecule has 0 aromatic rings. The Morgan fingerprint density at radius 2 is 1.31 bits per heavy atom. The van der Waals surface area contributed by atoms with E-state index in [1.54, 1.807) is 0 Å². The molecule has 0 aromatic heterocycles. The highest BCUT2D eigenvalue weighted by atomic mass is 19.3. The Bertz CT molecular complexity index is 414. The van der Waals surface area contributed by atoms with E-state index in [0.717, 1.165) is 25.7 Å². The molecule has 0 N–H and O–H groups in total. The van der Waals surface area contributed by atoms with Gasteiger partial charge in [0, 0.05) is 42.4 Å². The van der Waals surface area contributed by atoms with Crippen LogP contribution in [0.4, 0.5) is 8.78 Å². The summed E-state index contributed by atoms with van der Waals surface area (Å²) < 4.78 is 31.4. The van der Waals surface area contributed by atoms with Gasteiger partial charge in [-0.3, -0.25) is 4.90 Å². The van der Waals surface area contributed by atoms with Gasteiger partial charge in [0.1, 0.15) is 0 Å². The molecule has 2 unspecified atom stereocenters. The van der Waals surface area contributed by atoms with Crippen LogP contribution in [0.25, 0.3) is 0 Å². The van der Waals surface area contributed by atoms with Crippen LogP contribution < -0.4 is 0 Å². The van der Waals surface area contributed by atoms with Crippen LogP contribution in [0, 0.1) is 17.3 Å². The van der Waals surface area contributed by atoms with Crippen LogP contribution in [0.1, 0.15) is 60.8 Å². The van der Waals surface area contributed by atoms with Crippen molar-refractivity contribution in [1.29, 1.82) is 0 Å². The first-order valence-corrected chi connectivity index (χ1v) is 10.7. The molecule has 26 heavy (non-hydrogen) atoms. The van der Waals surface area contributed by atoms with E-state index in [4.69, 9.17) is 4.74 Å². The molecule has 2 atom stereocenters. The number of ether oxygens (including phenoxy) is 1. The summed E-state index contributed by atoms with van der Waals surface area (Å²) in [5.41, 5.74) is 0.603. The van der Waals surface area contributed by atoms with E-state index in [-0.39, 0.29) is 11.8 Å². The summed E-state index contributed by atoms with van der Waals surface area (Å²) in [6.07, 6.45) is 3.45. The number of fused-ring (bicyclic) bond motifs is 2. The van der Waals surface area contributed by atoms with Crippen molar-refractivity contribution in [2.45, 2.75) is 78.8 Å². The molecule has 0 aromatic carbocycles. The molecule has 1 saturated carbocycles. The first kappa shape index (κ1) is 22.0. The second-order valence-corrected chi connectivity index (χ2v) is 8.97. The molecule has 4 saturated heterocycles. The minimum absolute atomic E-state index is 0.348. The van der Waals surface area contributed by atoms with Gasteiger partial charge in [-0.25, -0.2) is 8.78 Å². The average Bonchev–Trinajstić information content (AvgIpc) is 2.62. The van der Waals surface area contributed by atoms with E-state index in [1.807, 2.05) is 13.8 Å². The molecule has 154 valence electrons. The molecule has 5 heteroatoms. The van der Waals surface area contributed by atoms with E-state index >= 15 is 0 Å². The zero-order valence-electron chi connectivity index (χ0n) is 17.7. The number of hydrogen-bond acceptors (Lipinski definition) is 3. The van der Waals surface area contributed by atoms with Gasteiger partial charge in [-0.2, -0.15) is 0 Å². The molecule has 4 heterocycles. The van der Waals surface area contributed by atoms with Crippen LogP contribution >= 0.6 is 0 Å². The van der Waals surface area contributed by atoms with E-state index < -0.39 is 5.92 Å². The van der Waals surface area contributed by atoms with Crippen molar-refractivity contribution in [1.82, 2.24) is 9.80 Å². The maximum Gasteiger partial charge on any atom is 0.256 e. The molecular weight excluding hydrogens is 334 g/mol. The smallest absolute Gasteiger partial charge is 0.256 e. The van der Waals surface area contributed by atoms with E-state index in [9.17, 15) is 8.78 Å². The average molecular weight is 375 g/mol. The van der Waals surface area contributed by atoms with Crippen molar-refractivity contribution >= 4 is 0 Å². The summed E-state index contributed by atoms with van der Waals surface area (Å²) in [7, 11) is 0. The standard InChI is InChI=1S/C10H19NO.C9H15F2N.C2H6/c1-9(2)11-5-3-10(4-6-11)7-12-8-10;1-6(2)12-4-7-3-8(5-12)9(7,10)11;1-2/h9H,3-8H2,1-2H3;6-8H,3-5H2,1-2H3;1-2H3. The number of nitrogens with zero attached hydrogens (tertiary/aromatic N) is 2. The van der Waals surface area contributed by atoms with Crippen molar-refractivity contribution in [2.75, 3.05) is 39.4 Å². The van der Waals surface area contributed by atoms with Gasteiger partial charge in [0.05, 0.1) is 13.2 Å². The number of hydrogen-bond donors (Lipinski definition) is 0. The maximum absolute atomic E-state index is 13.1. The normalized spacial score (nSPS) is 32.1. The first-order chi connectivity index (χ1) is 12.2. The second-order valence-electron chi connectivity index (χ2n) is 8.97. The number of halogens is 2. The van der Waals surface area contributed by atoms with E-state index in [1.165, 1.54) is 25.9 Å². The highest BCUT2D eigenvalue weighted by Crippen LogP contribution is 2.52. The van der Waals surface area contributed by atoms with Crippen LogP contribution in [0.5, 0.6) is 0 Å². The van der Waals surface area contributed by atoms with Gasteiger partial charge in [-0.15, -0.1) is 0 Å². The van der Waals surface area contributed by atoms with Crippen molar-refractivity contribution in [3.8, 4) is 0 Å². The van der Waals surface area contributed by atoms with Crippen LogP contribution in [-0.2, 0) is 4.74 Å². The third kappa shape index (κ3) is 4.59. The fourth-order valence-corrected chi connectivity index (χ4v) is 4.48. The minimum Gasteiger partial charge on any atom is -0.380 e. The van der Waals surface area contributed by atoms with Crippen LogP contribution in [0.15, 0.2) is 0 Å². The molecule has 4 aliphatic heterocycles. The molecule has 5 fully saturated rings. The summed E-state index contributed by atoms with van der Waals surface area (Å²) in [5.74, 6) is -3.04. The largest absolute Gasteiger partial charge is 0.380 e. The Morgan fingerprint density at radius 1 is 0.846 bits per heavy atom. The van der Waals surface area contributed by atoms with Crippen molar-refractivity contribution in [2.24, 2.45) is 17.3 Å². The van der Waals surface area contributed by atoms with Gasteiger partial charge < -0.3 is 9.64 Å². The van der Waals surface area contributed by atoms with Crippen molar-refractivity contribution in [3.05, 3.63) is 0 Å². The maximum atomic E-state index is 13.1. The van der Waals surface area contributed by atoms with Gasteiger partial charge in [0.25, 0.3) is 5.92 Å². The van der Waals surface area contributed by atoms with Crippen LogP contribution in [0.3, 0.4) is 0 Å². The molecule has 5 aliphatic rings.